The second-order valence-electron chi connectivity index (χ2n) is 4.42. The van der Waals surface area contributed by atoms with Crippen molar-refractivity contribution in [1.82, 2.24) is 20.1 Å². The van der Waals surface area contributed by atoms with Crippen LogP contribution in [0.15, 0.2) is 29.5 Å². The van der Waals surface area contributed by atoms with Crippen LogP contribution in [0, 0.1) is 0 Å². The number of aromatic nitrogens is 3. The predicted octanol–water partition coefficient (Wildman–Crippen LogP) is 1.02. The monoisotopic (exact) mass is 304 g/mol. The fourth-order valence-corrected chi connectivity index (χ4v) is 1.87. The van der Waals surface area contributed by atoms with Crippen LogP contribution in [0.3, 0.4) is 0 Å². The third-order valence-corrected chi connectivity index (χ3v) is 3.09. The second-order valence-corrected chi connectivity index (χ2v) is 4.42. The van der Waals surface area contributed by atoms with E-state index in [0.717, 1.165) is 11.5 Å². The Morgan fingerprint density at radius 2 is 2.05 bits per heavy atom. The molecule has 8 nitrogen and oxygen atoms in total. The van der Waals surface area contributed by atoms with Gasteiger partial charge in [-0.25, -0.2) is 4.98 Å². The van der Waals surface area contributed by atoms with Crippen LogP contribution in [-0.2, 0) is 13.6 Å². The lowest BCUT2D eigenvalue weighted by Crippen LogP contribution is -2.31. The number of hydrogen-bond donors (Lipinski definition) is 2. The number of nitrogens with zero attached hydrogens (tertiary/aromatic N) is 4. The zero-order valence-electron chi connectivity index (χ0n) is 13.1. The molecule has 0 unspecified atom stereocenters. The largest absolute Gasteiger partial charge is 0.493 e. The molecule has 0 saturated carbocycles. The Morgan fingerprint density at radius 3 is 2.64 bits per heavy atom. The molecule has 0 aliphatic carbocycles. The average Bonchev–Trinajstić information content (AvgIpc) is 2.96. The van der Waals surface area contributed by atoms with Crippen molar-refractivity contribution < 1.29 is 9.47 Å². The minimum absolute atomic E-state index is 0.517. The van der Waals surface area contributed by atoms with Gasteiger partial charge in [-0.3, -0.25) is 9.67 Å². The number of hydrogen-bond acceptors (Lipinski definition) is 5. The van der Waals surface area contributed by atoms with Crippen LogP contribution in [-0.4, -0.2) is 42.0 Å². The number of aliphatic imine (C=N–C) groups is 1. The van der Waals surface area contributed by atoms with E-state index in [1.54, 1.807) is 25.9 Å². The van der Waals surface area contributed by atoms with E-state index in [-0.39, 0.29) is 0 Å². The van der Waals surface area contributed by atoms with E-state index in [1.807, 2.05) is 25.2 Å². The predicted molar refractivity (Wildman–Crippen MR) is 84.4 cm³/mol. The molecular weight excluding hydrogens is 284 g/mol. The maximum Gasteiger partial charge on any atom is 0.195 e. The molecule has 2 rings (SSSR count). The van der Waals surface area contributed by atoms with E-state index in [9.17, 15) is 0 Å². The first-order valence-electron chi connectivity index (χ1n) is 6.70. The summed E-state index contributed by atoms with van der Waals surface area (Å²) in [6.45, 7) is 0.517. The van der Waals surface area contributed by atoms with Crippen molar-refractivity contribution >= 4 is 11.6 Å². The molecule has 0 radical (unpaired) electrons. The number of anilines is 1. The Hall–Kier alpha value is -2.77. The number of methoxy groups -OCH3 is 2. The molecular formula is C14H20N6O2. The van der Waals surface area contributed by atoms with E-state index >= 15 is 0 Å². The lowest BCUT2D eigenvalue weighted by Gasteiger charge is -2.13. The summed E-state index contributed by atoms with van der Waals surface area (Å²) in [5.74, 6) is 2.76. The summed E-state index contributed by atoms with van der Waals surface area (Å²) in [4.78, 5) is 8.32. The maximum absolute atomic E-state index is 5.28. The van der Waals surface area contributed by atoms with Crippen molar-refractivity contribution in [1.29, 1.82) is 0 Å². The van der Waals surface area contributed by atoms with Crippen LogP contribution < -0.4 is 20.1 Å². The van der Waals surface area contributed by atoms with Gasteiger partial charge in [0.05, 0.1) is 20.8 Å². The minimum Gasteiger partial charge on any atom is -0.493 e. The van der Waals surface area contributed by atoms with Crippen LogP contribution in [0.2, 0.25) is 0 Å². The van der Waals surface area contributed by atoms with Gasteiger partial charge in [-0.05, 0) is 12.1 Å². The Bertz CT molecular complexity index is 653. The summed E-state index contributed by atoms with van der Waals surface area (Å²) in [5, 5.41) is 10.4. The van der Waals surface area contributed by atoms with E-state index in [4.69, 9.17) is 9.47 Å². The number of aryl methyl sites for hydroxylation is 1. The molecule has 0 aliphatic heterocycles. The summed E-state index contributed by atoms with van der Waals surface area (Å²) >= 11 is 0. The molecule has 0 fully saturated rings. The van der Waals surface area contributed by atoms with Crippen LogP contribution >= 0.6 is 0 Å². The Balaban J connectivity index is 2.03. The third-order valence-electron chi connectivity index (χ3n) is 3.09. The van der Waals surface area contributed by atoms with E-state index < -0.39 is 0 Å². The molecule has 118 valence electrons. The van der Waals surface area contributed by atoms with Gasteiger partial charge < -0.3 is 20.1 Å². The van der Waals surface area contributed by atoms with Crippen molar-refractivity contribution in [3.05, 3.63) is 30.4 Å². The highest BCUT2D eigenvalue weighted by Crippen LogP contribution is 2.29. The Labute approximate surface area is 129 Å². The lowest BCUT2D eigenvalue weighted by atomic mass is 10.3. The van der Waals surface area contributed by atoms with Gasteiger partial charge in [0.25, 0.3) is 0 Å². The topological polar surface area (TPSA) is 85.6 Å². The molecule has 1 aromatic carbocycles. The first kappa shape index (κ1) is 15.6. The van der Waals surface area contributed by atoms with E-state index in [2.05, 4.69) is 25.7 Å². The van der Waals surface area contributed by atoms with Crippen molar-refractivity contribution in [2.24, 2.45) is 12.0 Å². The summed E-state index contributed by atoms with van der Waals surface area (Å²) in [6.07, 6.45) is 1.52. The summed E-state index contributed by atoms with van der Waals surface area (Å²) < 4.78 is 12.2. The fourth-order valence-electron chi connectivity index (χ4n) is 1.87. The molecule has 1 aromatic heterocycles. The number of rotatable bonds is 5. The Morgan fingerprint density at radius 1 is 1.27 bits per heavy atom. The molecule has 0 saturated heterocycles. The van der Waals surface area contributed by atoms with Gasteiger partial charge in [-0.2, -0.15) is 5.10 Å². The fraction of sp³-hybridized carbons (Fsp3) is 0.357. The van der Waals surface area contributed by atoms with Gasteiger partial charge in [0, 0.05) is 25.8 Å². The molecule has 1 heterocycles. The number of ether oxygens (including phenoxy) is 2. The van der Waals surface area contributed by atoms with E-state index in [0.29, 0.717) is 24.0 Å². The third kappa shape index (κ3) is 3.66. The smallest absolute Gasteiger partial charge is 0.195 e. The van der Waals surface area contributed by atoms with Gasteiger partial charge in [-0.1, -0.05) is 0 Å². The minimum atomic E-state index is 0.517. The summed E-state index contributed by atoms with van der Waals surface area (Å²) in [7, 11) is 6.75. The van der Waals surface area contributed by atoms with Gasteiger partial charge in [0.15, 0.2) is 17.5 Å². The zero-order valence-corrected chi connectivity index (χ0v) is 13.1. The number of nitrogens with one attached hydrogen (secondary N) is 2. The van der Waals surface area contributed by atoms with Gasteiger partial charge >= 0.3 is 0 Å². The Kier molecular flexibility index (Phi) is 5.18. The SMILES string of the molecule is CN=C(NCc1ncnn1C)Nc1ccc(OC)c(OC)c1. The first-order chi connectivity index (χ1) is 10.7. The van der Waals surface area contributed by atoms with Crippen molar-refractivity contribution in [3.8, 4) is 11.5 Å². The lowest BCUT2D eigenvalue weighted by molar-refractivity contribution is 0.355. The average molecular weight is 304 g/mol. The van der Waals surface area contributed by atoms with Gasteiger partial charge in [0.1, 0.15) is 12.2 Å². The highest BCUT2D eigenvalue weighted by atomic mass is 16.5. The number of benzene rings is 1. The van der Waals surface area contributed by atoms with Crippen LogP contribution in [0.1, 0.15) is 5.82 Å². The molecule has 22 heavy (non-hydrogen) atoms. The molecule has 0 atom stereocenters. The summed E-state index contributed by atoms with van der Waals surface area (Å²) in [6, 6.07) is 5.56. The number of guanidine groups is 1. The van der Waals surface area contributed by atoms with Crippen LogP contribution in [0.4, 0.5) is 5.69 Å². The van der Waals surface area contributed by atoms with Crippen LogP contribution in [0.25, 0.3) is 0 Å². The van der Waals surface area contributed by atoms with Gasteiger partial charge in [-0.15, -0.1) is 0 Å². The van der Waals surface area contributed by atoms with Crippen LogP contribution in [0.5, 0.6) is 11.5 Å². The van der Waals surface area contributed by atoms with E-state index in [1.165, 1.54) is 6.33 Å². The van der Waals surface area contributed by atoms with Crippen molar-refractivity contribution in [2.75, 3.05) is 26.6 Å². The zero-order chi connectivity index (χ0) is 15.9. The highest BCUT2D eigenvalue weighted by molar-refractivity contribution is 5.93. The first-order valence-corrected chi connectivity index (χ1v) is 6.70. The van der Waals surface area contributed by atoms with Crippen molar-refractivity contribution in [2.45, 2.75) is 6.54 Å². The molecule has 0 spiro atoms. The molecule has 2 N–H and O–H groups in total. The summed E-state index contributed by atoms with van der Waals surface area (Å²) in [5.41, 5.74) is 0.837. The maximum atomic E-state index is 5.28. The molecule has 0 aliphatic rings. The van der Waals surface area contributed by atoms with Gasteiger partial charge in [0.2, 0.25) is 0 Å². The molecule has 8 heteroatoms. The molecule has 0 bridgehead atoms. The quantitative estimate of drug-likeness (QED) is 0.633. The standard InChI is InChI=1S/C14H20N6O2/c1-15-14(16-8-13-17-9-18-20(13)2)19-10-5-6-11(21-3)12(7-10)22-4/h5-7,9H,8H2,1-4H3,(H2,15,16,19). The normalized spacial score (nSPS) is 11.2. The highest BCUT2D eigenvalue weighted by Gasteiger charge is 2.07. The van der Waals surface area contributed by atoms with Crippen molar-refractivity contribution in [3.63, 3.8) is 0 Å². The molecule has 2 aromatic rings. The second kappa shape index (κ2) is 7.30. The molecule has 0 amide bonds.